The third-order valence-electron chi connectivity index (χ3n) is 2.83. The van der Waals surface area contributed by atoms with Crippen molar-refractivity contribution in [2.75, 3.05) is 45.6 Å². The molecule has 19 heavy (non-hydrogen) atoms. The number of rotatable bonds is 6. The topological polar surface area (TPSA) is 104 Å². The maximum atomic E-state index is 11.8. The molecule has 0 aromatic rings. The Kier molecular flexibility index (Phi) is 5.70. The van der Waals surface area contributed by atoms with E-state index >= 15 is 0 Å². The van der Waals surface area contributed by atoms with Crippen LogP contribution >= 0.6 is 0 Å². The second-order valence-corrected chi connectivity index (χ2v) is 6.26. The van der Waals surface area contributed by atoms with Gasteiger partial charge >= 0.3 is 5.97 Å². The molecule has 1 rings (SSSR count). The number of hydrogen-bond acceptors (Lipinski definition) is 5. The molecule has 0 unspecified atom stereocenters. The summed E-state index contributed by atoms with van der Waals surface area (Å²) in [6, 6.07) is 0. The molecule has 1 heterocycles. The molecule has 1 amide bonds. The number of carboxylic acid groups (broad SMARTS) is 1. The normalized spacial score (nSPS) is 17.4. The monoisotopic (exact) mass is 294 g/mol. The van der Waals surface area contributed by atoms with E-state index in [4.69, 9.17) is 9.84 Å². The molecule has 1 N–H and O–H groups in total. The average molecular weight is 294 g/mol. The average Bonchev–Trinajstić information content (AvgIpc) is 2.37. The first-order valence-corrected chi connectivity index (χ1v) is 7.44. The van der Waals surface area contributed by atoms with Crippen molar-refractivity contribution in [1.29, 1.82) is 0 Å². The number of ether oxygens (including phenoxy) is 1. The third-order valence-corrected chi connectivity index (χ3v) is 4.70. The molecule has 0 spiro atoms. The summed E-state index contributed by atoms with van der Waals surface area (Å²) in [6.45, 7) is 0.962. The minimum atomic E-state index is -3.56. The third kappa shape index (κ3) is 4.77. The van der Waals surface area contributed by atoms with E-state index in [0.717, 1.165) is 0 Å². The number of amides is 1. The number of carbonyl (C=O) groups excluding carboxylic acids is 1. The predicted octanol–water partition coefficient (Wildman–Crippen LogP) is -1.42. The van der Waals surface area contributed by atoms with Crippen LogP contribution in [0.3, 0.4) is 0 Å². The fourth-order valence-electron chi connectivity index (χ4n) is 1.78. The van der Waals surface area contributed by atoms with Gasteiger partial charge in [-0.2, -0.15) is 4.31 Å². The van der Waals surface area contributed by atoms with Gasteiger partial charge in [0, 0.05) is 33.3 Å². The Hall–Kier alpha value is -1.19. The fraction of sp³-hybridized carbons (Fsp3) is 0.800. The van der Waals surface area contributed by atoms with Crippen molar-refractivity contribution < 1.29 is 27.9 Å². The molecule has 1 fully saturated rings. The van der Waals surface area contributed by atoms with Gasteiger partial charge in [-0.1, -0.05) is 0 Å². The molecule has 0 aromatic heterocycles. The number of aliphatic carboxylic acids is 1. The Morgan fingerprint density at radius 2 is 1.79 bits per heavy atom. The Morgan fingerprint density at radius 3 is 2.26 bits per heavy atom. The summed E-state index contributed by atoms with van der Waals surface area (Å²) >= 11 is 0. The summed E-state index contributed by atoms with van der Waals surface area (Å²) in [7, 11) is -2.14. The molecule has 1 saturated heterocycles. The first-order chi connectivity index (χ1) is 8.86. The molecule has 0 bridgehead atoms. The Morgan fingerprint density at radius 1 is 1.21 bits per heavy atom. The van der Waals surface area contributed by atoms with Gasteiger partial charge in [-0.3, -0.25) is 9.59 Å². The van der Waals surface area contributed by atoms with E-state index in [2.05, 4.69) is 0 Å². The zero-order chi connectivity index (χ0) is 14.5. The maximum Gasteiger partial charge on any atom is 0.304 e. The van der Waals surface area contributed by atoms with Gasteiger partial charge in [-0.05, 0) is 0 Å². The van der Waals surface area contributed by atoms with Crippen LogP contribution < -0.4 is 0 Å². The highest BCUT2D eigenvalue weighted by Gasteiger charge is 2.28. The lowest BCUT2D eigenvalue weighted by molar-refractivity contribution is -0.137. The lowest BCUT2D eigenvalue weighted by atomic mass is 10.3. The van der Waals surface area contributed by atoms with E-state index < -0.39 is 28.2 Å². The van der Waals surface area contributed by atoms with E-state index in [1.165, 1.54) is 16.3 Å². The van der Waals surface area contributed by atoms with Crippen LogP contribution in [0.15, 0.2) is 0 Å². The van der Waals surface area contributed by atoms with Crippen LogP contribution in [0.25, 0.3) is 0 Å². The van der Waals surface area contributed by atoms with Crippen LogP contribution in [-0.4, -0.2) is 80.3 Å². The van der Waals surface area contributed by atoms with E-state index in [1.807, 2.05) is 0 Å². The second kappa shape index (κ2) is 6.83. The largest absolute Gasteiger partial charge is 0.481 e. The SMILES string of the molecule is COCC(=O)N1CCN(S(=O)(=O)CCC(=O)O)CC1. The van der Waals surface area contributed by atoms with Crippen molar-refractivity contribution in [3.63, 3.8) is 0 Å². The molecule has 0 radical (unpaired) electrons. The molecular formula is C10H18N2O6S. The van der Waals surface area contributed by atoms with Crippen LogP contribution in [-0.2, 0) is 24.3 Å². The van der Waals surface area contributed by atoms with E-state index in [1.54, 1.807) is 0 Å². The summed E-state index contributed by atoms with van der Waals surface area (Å²) in [5.74, 6) is -1.73. The quantitative estimate of drug-likeness (QED) is 0.645. The van der Waals surface area contributed by atoms with Crippen LogP contribution in [0, 0.1) is 0 Å². The minimum absolute atomic E-state index is 0.0221. The zero-order valence-corrected chi connectivity index (χ0v) is 11.6. The molecule has 9 heteroatoms. The first-order valence-electron chi connectivity index (χ1n) is 5.83. The highest BCUT2D eigenvalue weighted by Crippen LogP contribution is 2.09. The van der Waals surface area contributed by atoms with Crippen LogP contribution in [0.1, 0.15) is 6.42 Å². The number of carbonyl (C=O) groups is 2. The number of hydrogen-bond donors (Lipinski definition) is 1. The van der Waals surface area contributed by atoms with E-state index in [0.29, 0.717) is 13.1 Å². The number of piperazine rings is 1. The van der Waals surface area contributed by atoms with E-state index in [9.17, 15) is 18.0 Å². The molecule has 110 valence electrons. The minimum Gasteiger partial charge on any atom is -0.481 e. The van der Waals surface area contributed by atoms with Crippen molar-refractivity contribution in [2.45, 2.75) is 6.42 Å². The molecule has 0 atom stereocenters. The fourth-order valence-corrected chi connectivity index (χ4v) is 3.19. The summed E-state index contributed by atoms with van der Waals surface area (Å²) in [5.41, 5.74) is 0. The van der Waals surface area contributed by atoms with Crippen LogP contribution in [0.4, 0.5) is 0 Å². The lowest BCUT2D eigenvalue weighted by Gasteiger charge is -2.33. The van der Waals surface area contributed by atoms with Gasteiger partial charge < -0.3 is 14.7 Å². The number of carboxylic acids is 1. The van der Waals surface area contributed by atoms with Gasteiger partial charge in [0.05, 0.1) is 12.2 Å². The van der Waals surface area contributed by atoms with E-state index in [-0.39, 0.29) is 25.6 Å². The molecule has 8 nitrogen and oxygen atoms in total. The van der Waals surface area contributed by atoms with Crippen molar-refractivity contribution >= 4 is 21.9 Å². The van der Waals surface area contributed by atoms with Crippen LogP contribution in [0.2, 0.25) is 0 Å². The van der Waals surface area contributed by atoms with Crippen molar-refractivity contribution in [3.8, 4) is 0 Å². The number of nitrogens with zero attached hydrogens (tertiary/aromatic N) is 2. The molecule has 1 aliphatic rings. The summed E-state index contributed by atoms with van der Waals surface area (Å²) in [6.07, 6.45) is -0.412. The molecule has 0 saturated carbocycles. The molecule has 0 aromatic carbocycles. The Balaban J connectivity index is 2.49. The van der Waals surface area contributed by atoms with Gasteiger partial charge in [-0.25, -0.2) is 8.42 Å². The van der Waals surface area contributed by atoms with Gasteiger partial charge in [0.15, 0.2) is 0 Å². The smallest absolute Gasteiger partial charge is 0.304 e. The standard InChI is InChI=1S/C10H18N2O6S/c1-18-8-9(13)11-3-5-12(6-4-11)19(16,17)7-2-10(14)15/h2-8H2,1H3,(H,14,15). The first kappa shape index (κ1) is 15.9. The molecule has 0 aliphatic carbocycles. The highest BCUT2D eigenvalue weighted by molar-refractivity contribution is 7.89. The highest BCUT2D eigenvalue weighted by atomic mass is 32.2. The molecule has 1 aliphatic heterocycles. The van der Waals surface area contributed by atoms with Crippen molar-refractivity contribution in [2.24, 2.45) is 0 Å². The Bertz CT molecular complexity index is 427. The summed E-state index contributed by atoms with van der Waals surface area (Å²) in [5, 5.41) is 8.50. The maximum absolute atomic E-state index is 11.8. The van der Waals surface area contributed by atoms with Gasteiger partial charge in [0.25, 0.3) is 0 Å². The van der Waals surface area contributed by atoms with Gasteiger partial charge in [0.2, 0.25) is 15.9 Å². The lowest BCUT2D eigenvalue weighted by Crippen LogP contribution is -2.51. The summed E-state index contributed by atoms with van der Waals surface area (Å²) < 4.78 is 29.6. The van der Waals surface area contributed by atoms with Crippen LogP contribution in [0.5, 0.6) is 0 Å². The van der Waals surface area contributed by atoms with Gasteiger partial charge in [0.1, 0.15) is 6.61 Å². The van der Waals surface area contributed by atoms with Crippen molar-refractivity contribution in [3.05, 3.63) is 0 Å². The van der Waals surface area contributed by atoms with Gasteiger partial charge in [-0.15, -0.1) is 0 Å². The zero-order valence-electron chi connectivity index (χ0n) is 10.7. The number of sulfonamides is 1. The number of methoxy groups -OCH3 is 1. The second-order valence-electron chi connectivity index (χ2n) is 4.17. The summed E-state index contributed by atoms with van der Waals surface area (Å²) in [4.78, 5) is 23.5. The Labute approximate surface area is 112 Å². The molecular weight excluding hydrogens is 276 g/mol. The van der Waals surface area contributed by atoms with Crippen molar-refractivity contribution in [1.82, 2.24) is 9.21 Å². The predicted molar refractivity (Wildman–Crippen MR) is 66.1 cm³/mol.